The lowest BCUT2D eigenvalue weighted by molar-refractivity contribution is -0.153. The largest absolute Gasteiger partial charge is 0.452 e. The number of rotatable bonds is 5. The van der Waals surface area contributed by atoms with Crippen molar-refractivity contribution in [1.29, 1.82) is 0 Å². The molecule has 41 heavy (non-hydrogen) atoms. The summed E-state index contributed by atoms with van der Waals surface area (Å²) in [5.74, 6) is -2.56. The van der Waals surface area contributed by atoms with E-state index in [0.717, 1.165) is 12.1 Å². The van der Waals surface area contributed by atoms with Crippen molar-refractivity contribution >= 4 is 17.4 Å². The number of oxazole rings is 1. The lowest BCUT2D eigenvalue weighted by Crippen LogP contribution is -2.43. The summed E-state index contributed by atoms with van der Waals surface area (Å²) in [4.78, 5) is 22.6. The first-order valence-corrected chi connectivity index (χ1v) is 12.4. The molecular weight excluding hydrogens is 554 g/mol. The fourth-order valence-corrected chi connectivity index (χ4v) is 4.59. The van der Waals surface area contributed by atoms with Gasteiger partial charge in [-0.05, 0) is 54.8 Å². The van der Waals surface area contributed by atoms with Gasteiger partial charge >= 0.3 is 12.4 Å². The zero-order chi connectivity index (χ0) is 29.4. The van der Waals surface area contributed by atoms with Gasteiger partial charge in [0.25, 0.3) is 5.91 Å². The van der Waals surface area contributed by atoms with Crippen molar-refractivity contribution in [2.45, 2.75) is 30.8 Å². The third kappa shape index (κ3) is 6.04. The van der Waals surface area contributed by atoms with Crippen LogP contribution in [0.1, 0.15) is 40.2 Å². The van der Waals surface area contributed by atoms with E-state index in [1.54, 1.807) is 23.1 Å². The Bertz CT molecular complexity index is 1530. The fraction of sp³-hybridized carbons (Fsp3) is 0.250. The molecule has 1 fully saturated rings. The number of hydrogen-bond donors (Lipinski definition) is 2. The van der Waals surface area contributed by atoms with Crippen LogP contribution < -0.4 is 10.2 Å². The molecule has 0 radical (unpaired) electrons. The number of alkyl halides is 6. The minimum absolute atomic E-state index is 0.105. The number of pyridine rings is 1. The van der Waals surface area contributed by atoms with Crippen molar-refractivity contribution in [1.82, 2.24) is 9.97 Å². The van der Waals surface area contributed by atoms with Crippen LogP contribution >= 0.6 is 0 Å². The maximum Gasteiger partial charge on any atom is 0.452 e. The normalized spacial score (nSPS) is 15.5. The summed E-state index contributed by atoms with van der Waals surface area (Å²) in [6.45, 7) is 0.559. The predicted octanol–water partition coefficient (Wildman–Crippen LogP) is 6.51. The number of hydrogen-bond acceptors (Lipinski definition) is 6. The summed E-state index contributed by atoms with van der Waals surface area (Å²) in [6.07, 6.45) is -7.94. The van der Waals surface area contributed by atoms with Crippen LogP contribution in [0.2, 0.25) is 0 Å². The summed E-state index contributed by atoms with van der Waals surface area (Å²) in [5.41, 5.74) is -2.66. The Labute approximate surface area is 229 Å². The van der Waals surface area contributed by atoms with E-state index in [2.05, 4.69) is 15.3 Å². The Kier molecular flexibility index (Phi) is 7.24. The Morgan fingerprint density at radius 3 is 2.24 bits per heavy atom. The van der Waals surface area contributed by atoms with Crippen LogP contribution in [0.25, 0.3) is 11.5 Å². The van der Waals surface area contributed by atoms with Gasteiger partial charge in [-0.25, -0.2) is 9.97 Å². The Morgan fingerprint density at radius 1 is 0.927 bits per heavy atom. The van der Waals surface area contributed by atoms with Crippen LogP contribution in [0, 0.1) is 0 Å². The quantitative estimate of drug-likeness (QED) is 0.263. The molecule has 2 N–H and O–H groups in total. The first-order chi connectivity index (χ1) is 19.3. The molecule has 5 rings (SSSR count). The molecule has 0 atom stereocenters. The number of carbonyl (C=O) groups is 1. The Morgan fingerprint density at radius 2 is 1.63 bits per heavy atom. The Balaban J connectivity index is 1.26. The molecule has 1 aliphatic rings. The van der Waals surface area contributed by atoms with Crippen LogP contribution in [0.3, 0.4) is 0 Å². The highest BCUT2D eigenvalue weighted by molar-refractivity contribution is 6.04. The number of piperidine rings is 1. The van der Waals surface area contributed by atoms with Crippen LogP contribution in [0.15, 0.2) is 77.3 Å². The highest BCUT2D eigenvalue weighted by Crippen LogP contribution is 2.38. The number of anilines is 2. The van der Waals surface area contributed by atoms with Gasteiger partial charge < -0.3 is 19.7 Å². The summed E-state index contributed by atoms with van der Waals surface area (Å²) >= 11 is 0. The highest BCUT2D eigenvalue weighted by Gasteiger charge is 2.42. The number of benzene rings is 2. The number of aromatic nitrogens is 2. The molecule has 1 aliphatic heterocycles. The third-order valence-corrected chi connectivity index (χ3v) is 6.77. The monoisotopic (exact) mass is 576 g/mol. The number of amides is 1. The second kappa shape index (κ2) is 10.5. The van der Waals surface area contributed by atoms with Crippen LogP contribution in [-0.2, 0) is 18.0 Å². The molecule has 2 aromatic heterocycles. The van der Waals surface area contributed by atoms with E-state index in [1.807, 2.05) is 0 Å². The number of nitrogens with one attached hydrogen (secondary N) is 1. The molecule has 13 heteroatoms. The van der Waals surface area contributed by atoms with Crippen molar-refractivity contribution in [2.24, 2.45) is 0 Å². The first-order valence-electron chi connectivity index (χ1n) is 12.4. The van der Waals surface area contributed by atoms with Crippen molar-refractivity contribution < 1.29 is 40.7 Å². The highest BCUT2D eigenvalue weighted by atomic mass is 19.4. The smallest absolute Gasteiger partial charge is 0.431 e. The second-order valence-corrected chi connectivity index (χ2v) is 9.52. The average molecular weight is 576 g/mol. The van der Waals surface area contributed by atoms with Crippen molar-refractivity contribution in [3.8, 4) is 11.5 Å². The summed E-state index contributed by atoms with van der Waals surface area (Å²) in [7, 11) is 0. The Hall–Kier alpha value is -4.39. The molecule has 214 valence electrons. The van der Waals surface area contributed by atoms with Gasteiger partial charge in [0.05, 0.1) is 23.0 Å². The molecule has 7 nitrogen and oxygen atoms in total. The zero-order valence-corrected chi connectivity index (χ0v) is 21.1. The molecular formula is C28H22F6N4O3. The van der Waals surface area contributed by atoms with Gasteiger partial charge in [0.1, 0.15) is 5.82 Å². The maximum atomic E-state index is 13.6. The van der Waals surface area contributed by atoms with E-state index in [1.165, 1.54) is 42.6 Å². The van der Waals surface area contributed by atoms with Gasteiger partial charge in [0.2, 0.25) is 11.7 Å². The van der Waals surface area contributed by atoms with Gasteiger partial charge in [-0.2, -0.15) is 26.3 Å². The number of nitrogens with zero attached hydrogens (tertiary/aromatic N) is 3. The molecule has 0 aliphatic carbocycles. The van der Waals surface area contributed by atoms with Crippen molar-refractivity contribution in [2.75, 3.05) is 23.3 Å². The number of aliphatic hydroxyl groups is 1. The van der Waals surface area contributed by atoms with Crippen LogP contribution in [0.4, 0.5) is 37.8 Å². The van der Waals surface area contributed by atoms with E-state index < -0.39 is 40.9 Å². The predicted molar refractivity (Wildman–Crippen MR) is 136 cm³/mol. The maximum absolute atomic E-state index is 13.6. The third-order valence-electron chi connectivity index (χ3n) is 6.77. The zero-order valence-electron chi connectivity index (χ0n) is 21.1. The average Bonchev–Trinajstić information content (AvgIpc) is 3.41. The molecule has 1 amide bonds. The summed E-state index contributed by atoms with van der Waals surface area (Å²) in [5, 5.41) is 13.4. The minimum Gasteiger partial charge on any atom is -0.431 e. The van der Waals surface area contributed by atoms with Gasteiger partial charge in [-0.3, -0.25) is 4.79 Å². The van der Waals surface area contributed by atoms with E-state index in [-0.39, 0.29) is 48.6 Å². The molecule has 0 spiro atoms. The van der Waals surface area contributed by atoms with Gasteiger partial charge in [0.15, 0.2) is 5.69 Å². The van der Waals surface area contributed by atoms with Gasteiger partial charge in [-0.1, -0.05) is 30.3 Å². The molecule has 0 unspecified atom stereocenters. The van der Waals surface area contributed by atoms with Crippen LogP contribution in [-0.4, -0.2) is 34.1 Å². The lowest BCUT2D eigenvalue weighted by atomic mass is 9.83. The molecule has 2 aromatic carbocycles. The first kappa shape index (κ1) is 28.1. The molecule has 0 saturated carbocycles. The molecule has 0 bridgehead atoms. The van der Waals surface area contributed by atoms with Crippen molar-refractivity contribution in [3.63, 3.8) is 0 Å². The number of halogens is 6. The lowest BCUT2D eigenvalue weighted by Gasteiger charge is -2.39. The second-order valence-electron chi connectivity index (χ2n) is 9.52. The molecule has 3 heterocycles. The summed E-state index contributed by atoms with van der Waals surface area (Å²) in [6, 6.07) is 15.4. The van der Waals surface area contributed by atoms with Gasteiger partial charge in [-0.15, -0.1) is 0 Å². The molecule has 1 saturated heterocycles. The van der Waals surface area contributed by atoms with E-state index in [0.29, 0.717) is 5.82 Å². The van der Waals surface area contributed by atoms with Gasteiger partial charge in [0, 0.05) is 18.7 Å². The van der Waals surface area contributed by atoms with Crippen molar-refractivity contribution in [3.05, 3.63) is 95.5 Å². The number of carbonyl (C=O) groups excluding carboxylic acids is 1. The summed E-state index contributed by atoms with van der Waals surface area (Å²) < 4.78 is 84.9. The standard InChI is InChI=1S/C28H22F6N4O3/c29-27(30,31)19-8-4-7-18(15-19)26(40)11-13-38(14-12-26)21-10-9-20(16-35-21)36-24(39)22-23(28(32,33)34)41-25(37-22)17-5-2-1-3-6-17/h1-10,15-16,40H,11-14H2,(H,36,39). The fourth-order valence-electron chi connectivity index (χ4n) is 4.59. The van der Waals surface area contributed by atoms with E-state index in [9.17, 15) is 36.2 Å². The van der Waals surface area contributed by atoms with Crippen LogP contribution in [0.5, 0.6) is 0 Å². The van der Waals surface area contributed by atoms with E-state index >= 15 is 0 Å². The minimum atomic E-state index is -4.96. The van der Waals surface area contributed by atoms with E-state index in [4.69, 9.17) is 4.42 Å². The topological polar surface area (TPSA) is 91.5 Å². The molecule has 4 aromatic rings. The SMILES string of the molecule is O=C(Nc1ccc(N2CCC(O)(c3cccc(C(F)(F)F)c3)CC2)nc1)c1nc(-c2ccccc2)oc1C(F)(F)F.